The van der Waals surface area contributed by atoms with Crippen LogP contribution in [0.3, 0.4) is 0 Å². The zero-order chi connectivity index (χ0) is 29.4. The smallest absolute Gasteiger partial charge is 0.343 e. The molecular weight excluding hydrogens is 508 g/mol. The standard InChI is InChI=1S/C32H46N2O6/c1-9-22(3)29-23(13-11-14-27(29)40-16-12-15-38-18-17-37-8)30-25-19-26(35)24(31(36)39-10-2)20-34(25)28(21-33(30)7)32(4,5)6/h11,13-14,19-20,28H,9-10,12,15-18,21H2,1-8H3/b29-22+,30-23-. The highest BCUT2D eigenvalue weighted by Gasteiger charge is 2.35. The van der Waals surface area contributed by atoms with Crippen LogP contribution in [0.15, 0.2) is 35.3 Å². The van der Waals surface area contributed by atoms with E-state index in [1.54, 1.807) is 26.3 Å². The van der Waals surface area contributed by atoms with Gasteiger partial charge in [0, 0.05) is 56.4 Å². The molecule has 40 heavy (non-hydrogen) atoms. The number of carbonyl (C=O) groups excluding carboxylic acids is 1. The first-order valence-electron chi connectivity index (χ1n) is 14.2. The van der Waals surface area contributed by atoms with Crippen molar-refractivity contribution in [2.75, 3.05) is 53.7 Å². The summed E-state index contributed by atoms with van der Waals surface area (Å²) in [4.78, 5) is 28.1. The Balaban J connectivity index is 2.21. The maximum atomic E-state index is 13.3. The number of carbonyl (C=O) groups is 1. The van der Waals surface area contributed by atoms with Gasteiger partial charge in [0.25, 0.3) is 0 Å². The van der Waals surface area contributed by atoms with Crippen molar-refractivity contribution in [3.63, 3.8) is 0 Å². The van der Waals surface area contributed by atoms with Gasteiger partial charge in [0.1, 0.15) is 11.3 Å². The third-order valence-corrected chi connectivity index (χ3v) is 7.34. The maximum Gasteiger partial charge on any atom is 0.343 e. The highest BCUT2D eigenvalue weighted by atomic mass is 16.5. The summed E-state index contributed by atoms with van der Waals surface area (Å²) in [5, 5.41) is 2.04. The quantitative estimate of drug-likeness (QED) is 0.309. The van der Waals surface area contributed by atoms with Crippen molar-refractivity contribution >= 4 is 17.2 Å². The van der Waals surface area contributed by atoms with Crippen LogP contribution < -0.4 is 20.6 Å². The minimum Gasteiger partial charge on any atom is -0.493 e. The Kier molecular flexibility index (Phi) is 11.0. The molecule has 1 aromatic carbocycles. The predicted octanol–water partition coefficient (Wildman–Crippen LogP) is 3.73. The molecule has 0 amide bonds. The lowest BCUT2D eigenvalue weighted by atomic mass is 9.84. The van der Waals surface area contributed by atoms with Crippen molar-refractivity contribution in [2.24, 2.45) is 5.41 Å². The fourth-order valence-corrected chi connectivity index (χ4v) is 5.08. The first kappa shape index (κ1) is 31.4. The van der Waals surface area contributed by atoms with Gasteiger partial charge >= 0.3 is 5.97 Å². The number of aromatic nitrogens is 1. The van der Waals surface area contributed by atoms with Crippen molar-refractivity contribution in [1.82, 2.24) is 9.47 Å². The lowest BCUT2D eigenvalue weighted by Crippen LogP contribution is -2.46. The van der Waals surface area contributed by atoms with Gasteiger partial charge in [-0.25, -0.2) is 4.79 Å². The van der Waals surface area contributed by atoms with Crippen molar-refractivity contribution in [2.45, 2.75) is 60.4 Å². The third kappa shape index (κ3) is 7.15. The van der Waals surface area contributed by atoms with E-state index in [1.165, 1.54) is 5.57 Å². The second-order valence-electron chi connectivity index (χ2n) is 11.3. The molecule has 1 aromatic heterocycles. The molecule has 1 aliphatic heterocycles. The number of rotatable bonds is 11. The molecular formula is C32H46N2O6. The van der Waals surface area contributed by atoms with Gasteiger partial charge in [-0.2, -0.15) is 0 Å². The van der Waals surface area contributed by atoms with Gasteiger partial charge in [-0.05, 0) is 31.7 Å². The number of hydrogen-bond acceptors (Lipinski definition) is 7. The van der Waals surface area contributed by atoms with E-state index in [9.17, 15) is 9.59 Å². The lowest BCUT2D eigenvalue weighted by molar-refractivity contribution is 0.0522. The zero-order valence-corrected chi connectivity index (χ0v) is 25.5. The van der Waals surface area contributed by atoms with E-state index in [0.29, 0.717) is 33.0 Å². The van der Waals surface area contributed by atoms with Gasteiger partial charge in [-0.3, -0.25) is 4.79 Å². The van der Waals surface area contributed by atoms with Gasteiger partial charge in [-0.15, -0.1) is 0 Å². The minimum atomic E-state index is -0.589. The maximum absolute atomic E-state index is 13.3. The first-order chi connectivity index (χ1) is 19.0. The molecule has 1 unspecified atom stereocenters. The number of hydrogen-bond donors (Lipinski definition) is 0. The highest BCUT2D eigenvalue weighted by molar-refractivity contribution is 5.89. The van der Waals surface area contributed by atoms with Crippen LogP contribution in [-0.4, -0.2) is 69.2 Å². The lowest BCUT2D eigenvalue weighted by Gasteiger charge is -2.43. The summed E-state index contributed by atoms with van der Waals surface area (Å²) >= 11 is 0. The number of benzene rings is 1. The minimum absolute atomic E-state index is 0.0299. The fourth-order valence-electron chi connectivity index (χ4n) is 5.08. The SMILES string of the molecule is CCOC(=O)c1cn2c(cc1=O)/C(=c1\cccc(OCCCOCCOC)\c1=C(/C)CC)N(C)CC2C(C)(C)C. The number of nitrogens with zero attached hydrogens (tertiary/aromatic N) is 2. The molecule has 220 valence electrons. The van der Waals surface area contributed by atoms with E-state index >= 15 is 0 Å². The number of likely N-dealkylation sites (N-methyl/N-ethyl adjacent to an activating group) is 1. The second kappa shape index (κ2) is 14.0. The topological polar surface area (TPSA) is 79.2 Å². The number of methoxy groups -OCH3 is 1. The summed E-state index contributed by atoms with van der Waals surface area (Å²) in [6, 6.07) is 7.71. The molecule has 0 spiro atoms. The number of pyridine rings is 1. The highest BCUT2D eigenvalue weighted by Crippen LogP contribution is 2.37. The van der Waals surface area contributed by atoms with E-state index in [1.807, 2.05) is 12.1 Å². The second-order valence-corrected chi connectivity index (χ2v) is 11.3. The van der Waals surface area contributed by atoms with Crippen LogP contribution in [0, 0.1) is 5.41 Å². The Labute approximate surface area is 238 Å². The van der Waals surface area contributed by atoms with Gasteiger partial charge in [0.05, 0.1) is 43.9 Å². The van der Waals surface area contributed by atoms with Crippen LogP contribution >= 0.6 is 0 Å². The third-order valence-electron chi connectivity index (χ3n) is 7.34. The average Bonchev–Trinajstić information content (AvgIpc) is 2.91. The van der Waals surface area contributed by atoms with Gasteiger partial charge < -0.3 is 28.4 Å². The Morgan fingerprint density at radius 1 is 1.10 bits per heavy atom. The molecule has 0 saturated heterocycles. The van der Waals surface area contributed by atoms with Gasteiger partial charge in [-0.1, -0.05) is 45.4 Å². The fraction of sp³-hybridized carbons (Fsp3) is 0.562. The monoisotopic (exact) mass is 554 g/mol. The molecule has 0 aliphatic carbocycles. The first-order valence-corrected chi connectivity index (χ1v) is 14.2. The Morgan fingerprint density at radius 2 is 1.85 bits per heavy atom. The molecule has 8 heteroatoms. The summed E-state index contributed by atoms with van der Waals surface area (Å²) < 4.78 is 24.2. The summed E-state index contributed by atoms with van der Waals surface area (Å²) in [5.41, 5.74) is 2.50. The average molecular weight is 555 g/mol. The molecule has 8 nitrogen and oxygen atoms in total. The van der Waals surface area contributed by atoms with Crippen molar-refractivity contribution < 1.29 is 23.7 Å². The van der Waals surface area contributed by atoms with E-state index in [2.05, 4.69) is 57.2 Å². The normalized spacial score (nSPS) is 17.4. The van der Waals surface area contributed by atoms with E-state index in [0.717, 1.165) is 40.4 Å². The Bertz CT molecular complexity index is 1350. The molecule has 2 aromatic rings. The molecule has 1 aliphatic rings. The van der Waals surface area contributed by atoms with Crippen molar-refractivity contribution in [3.05, 3.63) is 62.4 Å². The molecule has 2 heterocycles. The molecule has 1 atom stereocenters. The van der Waals surface area contributed by atoms with Crippen LogP contribution in [0.5, 0.6) is 5.75 Å². The number of fused-ring (bicyclic) bond motifs is 1. The number of ether oxygens (including phenoxy) is 4. The molecule has 0 bridgehead atoms. The zero-order valence-electron chi connectivity index (χ0n) is 25.5. The van der Waals surface area contributed by atoms with E-state index in [4.69, 9.17) is 18.9 Å². The molecule has 0 fully saturated rings. The van der Waals surface area contributed by atoms with E-state index in [-0.39, 0.29) is 29.1 Å². The molecule has 3 rings (SSSR count). The van der Waals surface area contributed by atoms with Crippen LogP contribution in [0.4, 0.5) is 0 Å². The summed E-state index contributed by atoms with van der Waals surface area (Å²) in [6.07, 6.45) is 3.31. The largest absolute Gasteiger partial charge is 0.493 e. The van der Waals surface area contributed by atoms with Gasteiger partial charge in [0.2, 0.25) is 0 Å². The molecule has 0 radical (unpaired) electrons. The Hall–Kier alpha value is -3.10. The van der Waals surface area contributed by atoms with Crippen LogP contribution in [0.2, 0.25) is 0 Å². The van der Waals surface area contributed by atoms with Crippen LogP contribution in [-0.2, 0) is 14.2 Å². The van der Waals surface area contributed by atoms with Crippen LogP contribution in [0.25, 0.3) is 11.3 Å². The summed E-state index contributed by atoms with van der Waals surface area (Å²) in [6.45, 7) is 15.7. The Morgan fingerprint density at radius 3 is 2.50 bits per heavy atom. The van der Waals surface area contributed by atoms with Crippen molar-refractivity contribution in [3.8, 4) is 5.75 Å². The summed E-state index contributed by atoms with van der Waals surface area (Å²) in [7, 11) is 3.73. The molecule has 0 saturated carbocycles. The van der Waals surface area contributed by atoms with E-state index < -0.39 is 5.97 Å². The molecule has 0 N–H and O–H groups in total. The predicted molar refractivity (Wildman–Crippen MR) is 158 cm³/mol. The van der Waals surface area contributed by atoms with Crippen molar-refractivity contribution in [1.29, 1.82) is 0 Å². The van der Waals surface area contributed by atoms with Crippen LogP contribution in [0.1, 0.15) is 76.5 Å². The van der Waals surface area contributed by atoms with Gasteiger partial charge in [0.15, 0.2) is 5.43 Å². The number of esters is 1. The summed E-state index contributed by atoms with van der Waals surface area (Å²) in [5.74, 6) is 0.220.